The average Bonchev–Trinajstić information content (AvgIpc) is 3.24. The van der Waals surface area contributed by atoms with E-state index in [-0.39, 0.29) is 5.91 Å². The van der Waals surface area contributed by atoms with Crippen LogP contribution in [0.2, 0.25) is 0 Å². The molecule has 7 heteroatoms. The van der Waals surface area contributed by atoms with Crippen molar-refractivity contribution in [2.24, 2.45) is 4.99 Å². The molecule has 0 atom stereocenters. The molecule has 1 amide bonds. The molecule has 2 heterocycles. The Hall–Kier alpha value is -2.28. The molecule has 0 unspecified atom stereocenters. The van der Waals surface area contributed by atoms with Gasteiger partial charge in [-0.05, 0) is 37.3 Å². The Morgan fingerprint density at radius 2 is 2.00 bits per heavy atom. The zero-order chi connectivity index (χ0) is 17.2. The fraction of sp³-hybridized carbons (Fsp3) is 0.412. The number of guanidine groups is 1. The molecular formula is C17H24N4O2S. The van der Waals surface area contributed by atoms with Crippen LogP contribution in [0.3, 0.4) is 0 Å². The van der Waals surface area contributed by atoms with Crippen molar-refractivity contribution < 1.29 is 9.21 Å². The van der Waals surface area contributed by atoms with E-state index < -0.39 is 0 Å². The SMILES string of the molecule is CN=C(NCCCNC(=O)c1occc1C)NCCc1cccs1. The molecule has 0 radical (unpaired) electrons. The molecule has 6 nitrogen and oxygen atoms in total. The monoisotopic (exact) mass is 348 g/mol. The van der Waals surface area contributed by atoms with Gasteiger partial charge in [0.05, 0.1) is 6.26 Å². The van der Waals surface area contributed by atoms with Crippen molar-refractivity contribution in [3.63, 3.8) is 0 Å². The number of furan rings is 1. The van der Waals surface area contributed by atoms with E-state index in [0.29, 0.717) is 12.3 Å². The number of nitrogens with zero attached hydrogens (tertiary/aromatic N) is 1. The lowest BCUT2D eigenvalue weighted by Crippen LogP contribution is -2.39. The maximum Gasteiger partial charge on any atom is 0.287 e. The summed E-state index contributed by atoms with van der Waals surface area (Å²) < 4.78 is 5.16. The van der Waals surface area contributed by atoms with Crippen molar-refractivity contribution in [2.75, 3.05) is 26.7 Å². The molecule has 2 aromatic heterocycles. The third-order valence-electron chi connectivity index (χ3n) is 3.47. The molecule has 24 heavy (non-hydrogen) atoms. The van der Waals surface area contributed by atoms with E-state index in [9.17, 15) is 4.79 Å². The lowest BCUT2D eigenvalue weighted by atomic mass is 10.2. The molecule has 0 aliphatic heterocycles. The summed E-state index contributed by atoms with van der Waals surface area (Å²) in [4.78, 5) is 17.4. The quantitative estimate of drug-likeness (QED) is 0.388. The number of nitrogens with one attached hydrogen (secondary N) is 3. The van der Waals surface area contributed by atoms with Crippen LogP contribution in [0.25, 0.3) is 0 Å². The van der Waals surface area contributed by atoms with Gasteiger partial charge in [0.1, 0.15) is 0 Å². The largest absolute Gasteiger partial charge is 0.459 e. The van der Waals surface area contributed by atoms with Crippen molar-refractivity contribution in [2.45, 2.75) is 19.8 Å². The van der Waals surface area contributed by atoms with E-state index in [1.165, 1.54) is 11.1 Å². The number of thiophene rings is 1. The molecular weight excluding hydrogens is 324 g/mol. The molecule has 0 fully saturated rings. The van der Waals surface area contributed by atoms with E-state index in [1.54, 1.807) is 24.5 Å². The number of amides is 1. The van der Waals surface area contributed by atoms with Crippen molar-refractivity contribution >= 4 is 23.2 Å². The molecule has 0 saturated carbocycles. The van der Waals surface area contributed by atoms with Crippen molar-refractivity contribution in [3.8, 4) is 0 Å². The van der Waals surface area contributed by atoms with Gasteiger partial charge >= 0.3 is 0 Å². The highest BCUT2D eigenvalue weighted by molar-refractivity contribution is 7.09. The van der Waals surface area contributed by atoms with Gasteiger partial charge in [-0.25, -0.2) is 0 Å². The predicted molar refractivity (Wildman–Crippen MR) is 97.8 cm³/mol. The summed E-state index contributed by atoms with van der Waals surface area (Å²) in [6.07, 6.45) is 3.31. The Balaban J connectivity index is 1.57. The molecule has 0 bridgehead atoms. The first-order chi connectivity index (χ1) is 11.7. The number of carbonyl (C=O) groups excluding carboxylic acids is 1. The van der Waals surface area contributed by atoms with Gasteiger partial charge in [0.2, 0.25) is 0 Å². The second-order valence-corrected chi connectivity index (χ2v) is 6.33. The van der Waals surface area contributed by atoms with Crippen LogP contribution >= 0.6 is 11.3 Å². The van der Waals surface area contributed by atoms with Crippen LogP contribution in [0, 0.1) is 6.92 Å². The summed E-state index contributed by atoms with van der Waals surface area (Å²) in [5.41, 5.74) is 0.848. The highest BCUT2D eigenvalue weighted by atomic mass is 32.1. The average molecular weight is 348 g/mol. The van der Waals surface area contributed by atoms with Gasteiger partial charge in [-0.1, -0.05) is 6.07 Å². The third kappa shape index (κ3) is 5.73. The molecule has 0 aliphatic carbocycles. The lowest BCUT2D eigenvalue weighted by Gasteiger charge is -2.11. The highest BCUT2D eigenvalue weighted by Crippen LogP contribution is 2.08. The Morgan fingerprint density at radius 3 is 2.67 bits per heavy atom. The molecule has 2 aromatic rings. The zero-order valence-corrected chi connectivity index (χ0v) is 14.9. The Morgan fingerprint density at radius 1 is 1.21 bits per heavy atom. The smallest absolute Gasteiger partial charge is 0.287 e. The number of rotatable bonds is 8. The summed E-state index contributed by atoms with van der Waals surface area (Å²) >= 11 is 1.76. The van der Waals surface area contributed by atoms with Crippen molar-refractivity contribution in [1.82, 2.24) is 16.0 Å². The van der Waals surface area contributed by atoms with Gasteiger partial charge in [-0.2, -0.15) is 0 Å². The van der Waals surface area contributed by atoms with Crippen LogP contribution in [-0.2, 0) is 6.42 Å². The molecule has 3 N–H and O–H groups in total. The van der Waals surface area contributed by atoms with Crippen LogP contribution in [0.4, 0.5) is 0 Å². The second-order valence-electron chi connectivity index (χ2n) is 5.30. The minimum Gasteiger partial charge on any atom is -0.459 e. The van der Waals surface area contributed by atoms with Crippen molar-refractivity contribution in [3.05, 3.63) is 46.0 Å². The number of carbonyl (C=O) groups is 1. The first-order valence-corrected chi connectivity index (χ1v) is 8.88. The fourth-order valence-electron chi connectivity index (χ4n) is 2.16. The van der Waals surface area contributed by atoms with Crippen LogP contribution in [0.1, 0.15) is 27.4 Å². The van der Waals surface area contributed by atoms with Gasteiger partial charge in [0.25, 0.3) is 5.91 Å². The molecule has 0 aromatic carbocycles. The number of hydrogen-bond acceptors (Lipinski definition) is 4. The first kappa shape index (κ1) is 18.1. The van der Waals surface area contributed by atoms with E-state index in [4.69, 9.17) is 4.42 Å². The topological polar surface area (TPSA) is 78.7 Å². The lowest BCUT2D eigenvalue weighted by molar-refractivity contribution is 0.0925. The van der Waals surface area contributed by atoms with Crippen LogP contribution in [0.5, 0.6) is 0 Å². The number of aliphatic imine (C=N–C) groups is 1. The Bertz CT molecular complexity index is 649. The molecule has 0 aliphatic rings. The van der Waals surface area contributed by atoms with Crippen LogP contribution in [0.15, 0.2) is 39.3 Å². The zero-order valence-electron chi connectivity index (χ0n) is 14.1. The van der Waals surface area contributed by atoms with Crippen molar-refractivity contribution in [1.29, 1.82) is 0 Å². The van der Waals surface area contributed by atoms with Crippen LogP contribution in [-0.4, -0.2) is 38.5 Å². The normalized spacial score (nSPS) is 11.3. The molecule has 2 rings (SSSR count). The minimum absolute atomic E-state index is 0.170. The Labute approximate surface area is 146 Å². The third-order valence-corrected chi connectivity index (χ3v) is 4.40. The predicted octanol–water partition coefficient (Wildman–Crippen LogP) is 2.18. The highest BCUT2D eigenvalue weighted by Gasteiger charge is 2.11. The second kappa shape index (κ2) is 9.77. The van der Waals surface area contributed by atoms with Gasteiger partial charge in [0.15, 0.2) is 11.7 Å². The minimum atomic E-state index is -0.170. The Kier molecular flexibility index (Phi) is 7.35. The molecule has 0 spiro atoms. The van der Waals surface area contributed by atoms with E-state index in [1.807, 2.05) is 6.92 Å². The maximum absolute atomic E-state index is 11.9. The summed E-state index contributed by atoms with van der Waals surface area (Å²) in [6, 6.07) is 5.97. The number of hydrogen-bond donors (Lipinski definition) is 3. The van der Waals surface area contributed by atoms with Gasteiger partial charge in [-0.15, -0.1) is 11.3 Å². The summed E-state index contributed by atoms with van der Waals surface area (Å²) in [7, 11) is 1.75. The van der Waals surface area contributed by atoms with Crippen LogP contribution < -0.4 is 16.0 Å². The first-order valence-electron chi connectivity index (χ1n) is 8.00. The maximum atomic E-state index is 11.9. The summed E-state index contributed by atoms with van der Waals surface area (Å²) in [5, 5.41) is 11.4. The van der Waals surface area contributed by atoms with Gasteiger partial charge in [-0.3, -0.25) is 9.79 Å². The van der Waals surface area contributed by atoms with E-state index in [0.717, 1.165) is 37.5 Å². The van der Waals surface area contributed by atoms with Gasteiger partial charge in [0, 0.05) is 37.1 Å². The van der Waals surface area contributed by atoms with E-state index >= 15 is 0 Å². The molecule has 130 valence electrons. The number of aryl methyl sites for hydroxylation is 1. The standard InChI is InChI=1S/C17H24N4O2S/c1-13-7-11-23-15(13)16(22)19-8-4-9-20-17(18-2)21-10-6-14-5-3-12-24-14/h3,5,7,11-12H,4,6,8-10H2,1-2H3,(H,19,22)(H2,18,20,21). The molecule has 0 saturated heterocycles. The van der Waals surface area contributed by atoms with Gasteiger partial charge < -0.3 is 20.4 Å². The van der Waals surface area contributed by atoms with E-state index in [2.05, 4.69) is 38.5 Å². The summed E-state index contributed by atoms with van der Waals surface area (Å²) in [6.45, 7) is 4.01. The fourth-order valence-corrected chi connectivity index (χ4v) is 2.87. The summed E-state index contributed by atoms with van der Waals surface area (Å²) in [5.74, 6) is 0.990.